The SMILES string of the molecule is O=C(O)c1ccc(N(Cc2cc(C3CC3)cc(C(F)(F)F)c2)C(=O)CN(Cc2ccccc2C(F)(F)F)S(=O)(=O)c2c(F)c(F)c(F)c(F)c2F)c(OC2CC2)c1. The number of amides is 1. The lowest BCUT2D eigenvalue weighted by Crippen LogP contribution is -2.43. The first-order chi connectivity index (χ1) is 26.6. The van der Waals surface area contributed by atoms with Crippen LogP contribution >= 0.6 is 0 Å². The molecule has 2 fully saturated rings. The summed E-state index contributed by atoms with van der Waals surface area (Å²) in [5, 5.41) is 9.63. The first-order valence-electron chi connectivity index (χ1n) is 16.8. The lowest BCUT2D eigenvalue weighted by atomic mass is 10.0. The molecule has 0 aliphatic heterocycles. The summed E-state index contributed by atoms with van der Waals surface area (Å²) in [5.74, 6) is -17.6. The van der Waals surface area contributed by atoms with E-state index in [1.165, 1.54) is 6.07 Å². The number of halogens is 11. The van der Waals surface area contributed by atoms with Crippen molar-refractivity contribution >= 4 is 27.6 Å². The van der Waals surface area contributed by atoms with Crippen LogP contribution in [0, 0.1) is 29.1 Å². The van der Waals surface area contributed by atoms with Crippen LogP contribution in [0.4, 0.5) is 54.0 Å². The number of anilines is 1. The molecule has 20 heteroatoms. The average Bonchev–Trinajstić information content (AvgIpc) is 4.07. The van der Waals surface area contributed by atoms with Gasteiger partial charge in [-0.05, 0) is 84.7 Å². The molecular weight excluding hydrogens is 809 g/mol. The summed E-state index contributed by atoms with van der Waals surface area (Å²) >= 11 is 0. The fourth-order valence-corrected chi connectivity index (χ4v) is 7.45. The number of aromatic carboxylic acids is 1. The second kappa shape index (κ2) is 15.3. The molecule has 0 atom stereocenters. The third-order valence-corrected chi connectivity index (χ3v) is 10.9. The van der Waals surface area contributed by atoms with Gasteiger partial charge in [-0.3, -0.25) is 4.79 Å². The zero-order chi connectivity index (χ0) is 41.8. The lowest BCUT2D eigenvalue weighted by Gasteiger charge is -2.30. The minimum absolute atomic E-state index is 0.212. The fraction of sp³-hybridized carbons (Fsp3) is 0.297. The van der Waals surface area contributed by atoms with Gasteiger partial charge < -0.3 is 14.7 Å². The van der Waals surface area contributed by atoms with Crippen LogP contribution in [0.25, 0.3) is 0 Å². The van der Waals surface area contributed by atoms with Gasteiger partial charge in [0.15, 0.2) is 28.2 Å². The smallest absolute Gasteiger partial charge is 0.416 e. The predicted molar refractivity (Wildman–Crippen MR) is 177 cm³/mol. The molecule has 6 rings (SSSR count). The van der Waals surface area contributed by atoms with E-state index in [0.29, 0.717) is 42.7 Å². The highest BCUT2D eigenvalue weighted by Gasteiger charge is 2.41. The molecule has 0 radical (unpaired) electrons. The molecule has 57 heavy (non-hydrogen) atoms. The molecule has 1 amide bonds. The van der Waals surface area contributed by atoms with Crippen molar-refractivity contribution in [3.8, 4) is 5.75 Å². The minimum atomic E-state index is -6.18. The Labute approximate surface area is 316 Å². The van der Waals surface area contributed by atoms with E-state index in [0.717, 1.165) is 42.5 Å². The summed E-state index contributed by atoms with van der Waals surface area (Å²) in [5.41, 5.74) is -4.33. The Morgan fingerprint density at radius 1 is 0.754 bits per heavy atom. The molecule has 2 aliphatic rings. The molecule has 0 aromatic heterocycles. The Hall–Kier alpha value is -5.24. The molecule has 8 nitrogen and oxygen atoms in total. The monoisotopic (exact) mass is 836 g/mol. The number of alkyl halides is 6. The second-order valence-electron chi connectivity index (χ2n) is 13.3. The van der Waals surface area contributed by atoms with E-state index >= 15 is 8.78 Å². The molecule has 4 aromatic carbocycles. The molecular formula is C37H27F11N2O6S. The predicted octanol–water partition coefficient (Wildman–Crippen LogP) is 8.96. The van der Waals surface area contributed by atoms with Crippen LogP contribution in [0.15, 0.2) is 65.6 Å². The maximum absolute atomic E-state index is 15.1. The van der Waals surface area contributed by atoms with Crippen LogP contribution in [0.1, 0.15) is 69.8 Å². The first-order valence-corrected chi connectivity index (χ1v) is 18.2. The van der Waals surface area contributed by atoms with Crippen LogP contribution in [-0.4, -0.2) is 42.4 Å². The summed E-state index contributed by atoms with van der Waals surface area (Å²) in [7, 11) is -6.18. The van der Waals surface area contributed by atoms with Gasteiger partial charge in [0.25, 0.3) is 0 Å². The second-order valence-corrected chi connectivity index (χ2v) is 15.2. The highest BCUT2D eigenvalue weighted by atomic mass is 32.2. The molecule has 304 valence electrons. The average molecular weight is 837 g/mol. The van der Waals surface area contributed by atoms with Gasteiger partial charge in [-0.2, -0.15) is 30.6 Å². The number of nitrogens with zero attached hydrogens (tertiary/aromatic N) is 2. The third kappa shape index (κ3) is 8.85. The number of hydrogen-bond donors (Lipinski definition) is 1. The van der Waals surface area contributed by atoms with Crippen LogP contribution < -0.4 is 9.64 Å². The van der Waals surface area contributed by atoms with E-state index in [1.54, 1.807) is 0 Å². The van der Waals surface area contributed by atoms with E-state index in [2.05, 4.69) is 0 Å². The number of carboxylic acid groups (broad SMARTS) is 1. The number of hydrogen-bond acceptors (Lipinski definition) is 5. The zero-order valence-electron chi connectivity index (χ0n) is 28.8. The van der Waals surface area contributed by atoms with E-state index in [-0.39, 0.29) is 32.8 Å². The van der Waals surface area contributed by atoms with Crippen molar-refractivity contribution in [2.24, 2.45) is 0 Å². The van der Waals surface area contributed by atoms with Gasteiger partial charge in [0.2, 0.25) is 21.7 Å². The van der Waals surface area contributed by atoms with Crippen molar-refractivity contribution < 1.29 is 76.1 Å². The molecule has 0 spiro atoms. The molecule has 2 aliphatic carbocycles. The number of rotatable bonds is 13. The fourth-order valence-electron chi connectivity index (χ4n) is 5.97. The van der Waals surface area contributed by atoms with Crippen molar-refractivity contribution in [3.05, 3.63) is 123 Å². The highest BCUT2D eigenvalue weighted by molar-refractivity contribution is 7.89. The molecule has 4 aromatic rings. The van der Waals surface area contributed by atoms with Crippen molar-refractivity contribution in [2.75, 3.05) is 11.4 Å². The van der Waals surface area contributed by atoms with Gasteiger partial charge in [0, 0.05) is 6.54 Å². The maximum atomic E-state index is 15.1. The molecule has 0 heterocycles. The quantitative estimate of drug-likeness (QED) is 0.0820. The third-order valence-electron chi connectivity index (χ3n) is 9.10. The van der Waals surface area contributed by atoms with Crippen molar-refractivity contribution in [1.29, 1.82) is 0 Å². The Bertz CT molecular complexity index is 2330. The van der Waals surface area contributed by atoms with Crippen LogP contribution in [-0.2, 0) is 40.3 Å². The van der Waals surface area contributed by atoms with Crippen LogP contribution in [0.5, 0.6) is 5.75 Å². The van der Waals surface area contributed by atoms with Crippen molar-refractivity contribution in [3.63, 3.8) is 0 Å². The van der Waals surface area contributed by atoms with Gasteiger partial charge in [0.05, 0.1) is 41.6 Å². The number of carbonyl (C=O) groups is 2. The Morgan fingerprint density at radius 3 is 1.93 bits per heavy atom. The summed E-state index contributed by atoms with van der Waals surface area (Å²) in [4.78, 5) is 24.4. The van der Waals surface area contributed by atoms with Crippen molar-refractivity contribution in [2.45, 2.75) is 68.0 Å². The zero-order valence-corrected chi connectivity index (χ0v) is 29.6. The topological polar surface area (TPSA) is 104 Å². The largest absolute Gasteiger partial charge is 0.488 e. The summed E-state index contributed by atoms with van der Waals surface area (Å²) in [6.45, 7) is -4.13. The standard InChI is InChI=1S/C37H27F11N2O6S/c38-29-30(39)32(41)34(33(42)31(29)40)57(54,55)49(16-21-3-1-2-4-25(21)37(46,47)48)17-28(51)50(26-10-7-20(35(52)53)14-27(26)56-24-8-9-24)15-18-11-22(19-5-6-19)13-23(12-18)36(43,44)45/h1-4,7,10-14,19,24H,5-6,8-9,15-17H2,(H,52,53). The van der Waals surface area contributed by atoms with Crippen LogP contribution in [0.2, 0.25) is 0 Å². The van der Waals surface area contributed by atoms with Crippen LogP contribution in [0.3, 0.4) is 0 Å². The summed E-state index contributed by atoms with van der Waals surface area (Å²) in [6.07, 6.45) is -8.65. The molecule has 1 N–H and O–H groups in total. The lowest BCUT2D eigenvalue weighted by molar-refractivity contribution is -0.138. The molecule has 0 saturated heterocycles. The summed E-state index contributed by atoms with van der Waals surface area (Å²) < 4.78 is 191. The number of carbonyl (C=O) groups excluding carboxylic acids is 1. The number of carboxylic acids is 1. The normalized spacial score (nSPS) is 14.9. The van der Waals surface area contributed by atoms with E-state index in [1.807, 2.05) is 0 Å². The van der Waals surface area contributed by atoms with E-state index in [9.17, 15) is 62.6 Å². The van der Waals surface area contributed by atoms with Gasteiger partial charge in [-0.25, -0.2) is 35.2 Å². The van der Waals surface area contributed by atoms with Gasteiger partial charge in [-0.15, -0.1) is 0 Å². The van der Waals surface area contributed by atoms with Gasteiger partial charge >= 0.3 is 18.3 Å². The maximum Gasteiger partial charge on any atom is 0.416 e. The van der Waals surface area contributed by atoms with E-state index in [4.69, 9.17) is 4.74 Å². The molecule has 0 bridgehead atoms. The number of sulfonamides is 1. The highest BCUT2D eigenvalue weighted by Crippen LogP contribution is 2.44. The number of ether oxygens (including phenoxy) is 1. The van der Waals surface area contributed by atoms with Gasteiger partial charge in [0.1, 0.15) is 5.75 Å². The number of benzene rings is 4. The Kier molecular flexibility index (Phi) is 11.1. The van der Waals surface area contributed by atoms with Crippen molar-refractivity contribution in [1.82, 2.24) is 4.31 Å². The molecule has 0 unspecified atom stereocenters. The Balaban J connectivity index is 1.52. The summed E-state index contributed by atoms with van der Waals surface area (Å²) in [6, 6.07) is 8.91. The van der Waals surface area contributed by atoms with Gasteiger partial charge in [-0.1, -0.05) is 24.3 Å². The minimum Gasteiger partial charge on any atom is -0.488 e. The first kappa shape index (κ1) is 41.4. The molecule has 2 saturated carbocycles. The Morgan fingerprint density at radius 2 is 1.37 bits per heavy atom. The van der Waals surface area contributed by atoms with E-state index < -0.39 is 116 Å².